The fourth-order valence-corrected chi connectivity index (χ4v) is 2.82. The molecular formula is C20H25FN2O7. The van der Waals surface area contributed by atoms with E-state index in [4.69, 9.17) is 14.2 Å². The van der Waals surface area contributed by atoms with E-state index in [-0.39, 0.29) is 62.8 Å². The van der Waals surface area contributed by atoms with Crippen LogP contribution < -0.4 is 15.0 Å². The van der Waals surface area contributed by atoms with E-state index in [0.717, 1.165) is 6.29 Å². The number of fused-ring (bicyclic) bond motifs is 1. The van der Waals surface area contributed by atoms with Crippen molar-refractivity contribution in [2.75, 3.05) is 31.2 Å². The molecule has 1 aliphatic rings. The van der Waals surface area contributed by atoms with Gasteiger partial charge in [0.05, 0.1) is 25.2 Å². The van der Waals surface area contributed by atoms with E-state index in [1.54, 1.807) is 6.92 Å². The van der Waals surface area contributed by atoms with Crippen molar-refractivity contribution in [3.63, 3.8) is 0 Å². The first-order valence-corrected chi connectivity index (χ1v) is 9.67. The van der Waals surface area contributed by atoms with Crippen molar-refractivity contribution >= 4 is 29.9 Å². The molecule has 9 nitrogen and oxygen atoms in total. The molecule has 0 spiro atoms. The van der Waals surface area contributed by atoms with Crippen LogP contribution in [0.3, 0.4) is 0 Å². The average molecular weight is 424 g/mol. The molecule has 1 aromatic rings. The summed E-state index contributed by atoms with van der Waals surface area (Å²) in [6.45, 7) is 1.62. The second kappa shape index (κ2) is 11.7. The Kier molecular flexibility index (Phi) is 9.04. The molecule has 0 fully saturated rings. The summed E-state index contributed by atoms with van der Waals surface area (Å²) in [6.07, 6.45) is 0.532. The van der Waals surface area contributed by atoms with Crippen molar-refractivity contribution in [3.05, 3.63) is 24.0 Å². The Hall–Kier alpha value is -3.17. The standard InChI is InChI=1S/C20H25FN2O7/c1-14-12-19(26)23(16-13-15(21)5-6-17(16)30-14)8-11-29-20(27)28-10-7-22-18(25)4-2-3-9-24/h5-6,9,13-14H,2-4,7-8,10-12H2,1H3,(H,22,25)/t14-/m1/s1. The third-order valence-corrected chi connectivity index (χ3v) is 4.21. The van der Waals surface area contributed by atoms with Gasteiger partial charge in [0.2, 0.25) is 11.8 Å². The maximum absolute atomic E-state index is 13.6. The number of hydrogen-bond donors (Lipinski definition) is 1. The number of nitrogens with one attached hydrogen (secondary N) is 1. The lowest BCUT2D eigenvalue weighted by Gasteiger charge is -2.21. The van der Waals surface area contributed by atoms with Crippen LogP contribution in [-0.2, 0) is 23.9 Å². The summed E-state index contributed by atoms with van der Waals surface area (Å²) >= 11 is 0. The molecule has 0 unspecified atom stereocenters. The minimum absolute atomic E-state index is 0.00787. The fourth-order valence-electron chi connectivity index (χ4n) is 2.82. The van der Waals surface area contributed by atoms with Gasteiger partial charge in [-0.05, 0) is 25.5 Å². The zero-order valence-electron chi connectivity index (χ0n) is 16.7. The predicted molar refractivity (Wildman–Crippen MR) is 104 cm³/mol. The number of rotatable bonds is 10. The van der Waals surface area contributed by atoms with Crippen LogP contribution >= 0.6 is 0 Å². The smallest absolute Gasteiger partial charge is 0.488 e. The first-order valence-electron chi connectivity index (χ1n) is 9.67. The molecule has 0 aromatic heterocycles. The zero-order chi connectivity index (χ0) is 21.9. The van der Waals surface area contributed by atoms with Gasteiger partial charge in [0.25, 0.3) is 0 Å². The number of unbranched alkanes of at least 4 members (excludes halogenated alkanes) is 1. The Bertz CT molecular complexity index is 772. The van der Waals surface area contributed by atoms with Crippen LogP contribution in [-0.4, -0.2) is 56.7 Å². The summed E-state index contributed by atoms with van der Waals surface area (Å²) in [6, 6.07) is 3.89. The lowest BCUT2D eigenvalue weighted by atomic mass is 10.2. The van der Waals surface area contributed by atoms with Crippen molar-refractivity contribution in [1.29, 1.82) is 0 Å². The van der Waals surface area contributed by atoms with Crippen molar-refractivity contribution in [2.45, 2.75) is 38.7 Å². The van der Waals surface area contributed by atoms with Crippen LogP contribution in [0.15, 0.2) is 18.2 Å². The number of carbonyl (C=O) groups is 4. The van der Waals surface area contributed by atoms with Gasteiger partial charge in [0.15, 0.2) is 0 Å². The third kappa shape index (κ3) is 7.34. The Morgan fingerprint density at radius 2 is 2.10 bits per heavy atom. The minimum atomic E-state index is -0.948. The number of benzene rings is 1. The molecular weight excluding hydrogens is 399 g/mol. The van der Waals surface area contributed by atoms with Crippen molar-refractivity contribution < 1.29 is 37.8 Å². The Balaban J connectivity index is 1.74. The van der Waals surface area contributed by atoms with Gasteiger partial charge in [0, 0.05) is 18.9 Å². The molecule has 2 amide bonds. The highest BCUT2D eigenvalue weighted by atomic mass is 19.1. The Labute approximate surface area is 173 Å². The van der Waals surface area contributed by atoms with Crippen LogP contribution in [0.1, 0.15) is 32.6 Å². The van der Waals surface area contributed by atoms with E-state index in [9.17, 15) is 23.6 Å². The molecule has 1 aliphatic heterocycles. The molecule has 10 heteroatoms. The van der Waals surface area contributed by atoms with E-state index >= 15 is 0 Å². The highest BCUT2D eigenvalue weighted by Crippen LogP contribution is 2.33. The highest BCUT2D eigenvalue weighted by Gasteiger charge is 2.27. The van der Waals surface area contributed by atoms with Gasteiger partial charge in [-0.2, -0.15) is 0 Å². The second-order valence-electron chi connectivity index (χ2n) is 6.65. The number of aldehydes is 1. The molecule has 30 heavy (non-hydrogen) atoms. The summed E-state index contributed by atoms with van der Waals surface area (Å²) in [4.78, 5) is 47.0. The number of carbonyl (C=O) groups excluding carboxylic acids is 4. The summed E-state index contributed by atoms with van der Waals surface area (Å²) in [5.74, 6) is -0.656. The second-order valence-corrected chi connectivity index (χ2v) is 6.65. The Morgan fingerprint density at radius 3 is 2.87 bits per heavy atom. The van der Waals surface area contributed by atoms with Crippen LogP contribution in [0.25, 0.3) is 0 Å². The SMILES string of the molecule is C[C@@H]1CC(=O)N(CCOC(=O)OCCNC(=O)CCCC=O)c2cc(F)ccc2O1. The minimum Gasteiger partial charge on any atom is -0.488 e. The largest absolute Gasteiger partial charge is 0.508 e. The van der Waals surface area contributed by atoms with Gasteiger partial charge in [-0.25, -0.2) is 9.18 Å². The summed E-state index contributed by atoms with van der Waals surface area (Å²) < 4.78 is 29.1. The van der Waals surface area contributed by atoms with Gasteiger partial charge in [-0.1, -0.05) is 0 Å². The molecule has 0 aliphatic carbocycles. The van der Waals surface area contributed by atoms with E-state index < -0.39 is 12.0 Å². The normalized spacial score (nSPS) is 15.5. The predicted octanol–water partition coefficient (Wildman–Crippen LogP) is 1.97. The first-order chi connectivity index (χ1) is 14.4. The van der Waals surface area contributed by atoms with Crippen LogP contribution in [0.4, 0.5) is 14.9 Å². The molecule has 164 valence electrons. The molecule has 0 saturated carbocycles. The topological polar surface area (TPSA) is 111 Å². The molecule has 1 atom stereocenters. The van der Waals surface area contributed by atoms with Gasteiger partial charge < -0.3 is 29.2 Å². The summed E-state index contributed by atoms with van der Waals surface area (Å²) in [5.41, 5.74) is 0.276. The van der Waals surface area contributed by atoms with Crippen LogP contribution in [0.2, 0.25) is 0 Å². The molecule has 1 aromatic carbocycles. The molecule has 0 saturated heterocycles. The van der Waals surface area contributed by atoms with Crippen molar-refractivity contribution in [3.8, 4) is 5.75 Å². The quantitative estimate of drug-likeness (QED) is 0.347. The number of anilines is 1. The molecule has 1 heterocycles. The summed E-state index contributed by atoms with van der Waals surface area (Å²) in [5, 5.41) is 2.55. The van der Waals surface area contributed by atoms with Crippen LogP contribution in [0, 0.1) is 5.82 Å². The number of ether oxygens (including phenoxy) is 3. The first kappa shape index (κ1) is 23.1. The van der Waals surface area contributed by atoms with Gasteiger partial charge >= 0.3 is 6.16 Å². The van der Waals surface area contributed by atoms with E-state index in [0.29, 0.717) is 18.6 Å². The van der Waals surface area contributed by atoms with E-state index in [2.05, 4.69) is 5.32 Å². The van der Waals surface area contributed by atoms with Gasteiger partial charge in [-0.15, -0.1) is 0 Å². The van der Waals surface area contributed by atoms with Gasteiger partial charge in [0.1, 0.15) is 37.2 Å². The molecule has 1 N–H and O–H groups in total. The highest BCUT2D eigenvalue weighted by molar-refractivity contribution is 5.95. The van der Waals surface area contributed by atoms with E-state index in [1.807, 2.05) is 0 Å². The Morgan fingerprint density at radius 1 is 1.33 bits per heavy atom. The molecule has 0 bridgehead atoms. The number of hydrogen-bond acceptors (Lipinski definition) is 7. The van der Waals surface area contributed by atoms with E-state index in [1.165, 1.54) is 23.1 Å². The number of halogens is 1. The lowest BCUT2D eigenvalue weighted by Crippen LogP contribution is -2.35. The molecule has 2 rings (SSSR count). The monoisotopic (exact) mass is 424 g/mol. The van der Waals surface area contributed by atoms with Gasteiger partial charge in [-0.3, -0.25) is 9.59 Å². The lowest BCUT2D eigenvalue weighted by molar-refractivity contribution is -0.121. The number of amides is 2. The average Bonchev–Trinajstić information content (AvgIpc) is 2.81. The van der Waals surface area contributed by atoms with Crippen LogP contribution in [0.5, 0.6) is 5.75 Å². The number of nitrogens with zero attached hydrogens (tertiary/aromatic N) is 1. The summed E-state index contributed by atoms with van der Waals surface area (Å²) in [7, 11) is 0. The fraction of sp³-hybridized carbons (Fsp3) is 0.500. The van der Waals surface area contributed by atoms with Crippen molar-refractivity contribution in [1.82, 2.24) is 5.32 Å². The zero-order valence-corrected chi connectivity index (χ0v) is 16.7. The maximum atomic E-state index is 13.6. The maximum Gasteiger partial charge on any atom is 0.508 e. The molecule has 0 radical (unpaired) electrons. The third-order valence-electron chi connectivity index (χ3n) is 4.21. The van der Waals surface area contributed by atoms with Crippen molar-refractivity contribution in [2.24, 2.45) is 0 Å².